The highest BCUT2D eigenvalue weighted by molar-refractivity contribution is 5.85. The number of nitrogens with zero attached hydrogens (tertiary/aromatic N) is 2. The number of aryl methyl sites for hydroxylation is 5. The first-order valence-electron chi connectivity index (χ1n) is 18.4. The molecule has 0 N–H and O–H groups in total. The van der Waals surface area contributed by atoms with Gasteiger partial charge in [0.15, 0.2) is 0 Å². The second-order valence-electron chi connectivity index (χ2n) is 17.2. The molecule has 5 rings (SSSR count). The molecule has 262 valence electrons. The van der Waals surface area contributed by atoms with Crippen LogP contribution >= 0.6 is 0 Å². The molecule has 0 unspecified atom stereocenters. The van der Waals surface area contributed by atoms with E-state index in [1.807, 2.05) is 0 Å². The van der Waals surface area contributed by atoms with Crippen LogP contribution in [-0.4, -0.2) is 0 Å². The minimum Gasteiger partial charge on any atom is -0.310 e. The standard InChI is InChI=1S/C48H60N2/c1-15-48(13,14)37-18-22-41(23-19-37)50(45-35(5)30-39(31-36(45)6)47(10,11)12)43-26-24-42(25-27-43)49(40-20-16-32(2)17-21-40)44-33(3)28-38(29-34(44)4)46(7,8)9/h16-31H,15H2,1-14H3. The lowest BCUT2D eigenvalue weighted by Gasteiger charge is -2.33. The quantitative estimate of drug-likeness (QED) is 0.163. The van der Waals surface area contributed by atoms with Crippen LogP contribution in [0, 0.1) is 34.6 Å². The molecule has 5 aromatic carbocycles. The first kappa shape index (κ1) is 37.0. The van der Waals surface area contributed by atoms with Gasteiger partial charge in [0.25, 0.3) is 0 Å². The van der Waals surface area contributed by atoms with Crippen molar-refractivity contribution in [3.63, 3.8) is 0 Å². The lowest BCUT2D eigenvalue weighted by Crippen LogP contribution is -2.18. The molecule has 0 radical (unpaired) electrons. The Labute approximate surface area is 304 Å². The monoisotopic (exact) mass is 664 g/mol. The molecule has 0 atom stereocenters. The third kappa shape index (κ3) is 7.55. The second-order valence-corrected chi connectivity index (χ2v) is 17.2. The molecule has 0 saturated heterocycles. The van der Waals surface area contributed by atoms with Crippen molar-refractivity contribution in [3.8, 4) is 0 Å². The zero-order valence-corrected chi connectivity index (χ0v) is 33.3. The normalized spacial score (nSPS) is 12.3. The van der Waals surface area contributed by atoms with Crippen molar-refractivity contribution in [2.75, 3.05) is 9.80 Å². The summed E-state index contributed by atoms with van der Waals surface area (Å²) in [6, 6.07) is 36.8. The largest absolute Gasteiger partial charge is 0.310 e. The molecule has 50 heavy (non-hydrogen) atoms. The first-order chi connectivity index (χ1) is 23.3. The fourth-order valence-electron chi connectivity index (χ4n) is 7.01. The van der Waals surface area contributed by atoms with Gasteiger partial charge in [-0.25, -0.2) is 0 Å². The van der Waals surface area contributed by atoms with Crippen LogP contribution in [0.5, 0.6) is 0 Å². The highest BCUT2D eigenvalue weighted by Gasteiger charge is 2.25. The van der Waals surface area contributed by atoms with E-state index in [0.29, 0.717) is 0 Å². The molecule has 2 heteroatoms. The average molecular weight is 665 g/mol. The lowest BCUT2D eigenvalue weighted by atomic mass is 9.82. The van der Waals surface area contributed by atoms with E-state index in [4.69, 9.17) is 0 Å². The van der Waals surface area contributed by atoms with E-state index in [1.54, 1.807) is 0 Å². The molecule has 0 aromatic heterocycles. The highest BCUT2D eigenvalue weighted by Crippen LogP contribution is 2.45. The van der Waals surface area contributed by atoms with Crippen LogP contribution in [0.3, 0.4) is 0 Å². The van der Waals surface area contributed by atoms with Crippen molar-refractivity contribution in [2.24, 2.45) is 0 Å². The predicted octanol–water partition coefficient (Wildman–Crippen LogP) is 14.5. The summed E-state index contributed by atoms with van der Waals surface area (Å²) in [7, 11) is 0. The number of hydrogen-bond acceptors (Lipinski definition) is 2. The molecule has 2 nitrogen and oxygen atoms in total. The van der Waals surface area contributed by atoms with Gasteiger partial charge in [0.2, 0.25) is 0 Å². The minimum absolute atomic E-state index is 0.0781. The Morgan fingerprint density at radius 3 is 0.960 bits per heavy atom. The molecule has 0 aliphatic rings. The van der Waals surface area contributed by atoms with Crippen LogP contribution in [0.15, 0.2) is 97.1 Å². The van der Waals surface area contributed by atoms with Crippen molar-refractivity contribution in [3.05, 3.63) is 142 Å². The third-order valence-electron chi connectivity index (χ3n) is 10.6. The summed E-state index contributed by atoms with van der Waals surface area (Å²) in [6.45, 7) is 31.9. The van der Waals surface area contributed by atoms with Crippen LogP contribution in [0.2, 0.25) is 0 Å². The van der Waals surface area contributed by atoms with Gasteiger partial charge in [-0.05, 0) is 145 Å². The molecule has 0 saturated carbocycles. The second kappa shape index (κ2) is 13.8. The SMILES string of the molecule is CCC(C)(C)c1ccc(N(c2ccc(N(c3ccc(C)cc3)c3c(C)cc(C(C)(C)C)cc3C)cc2)c2c(C)cc(C(C)(C)C)cc2C)cc1. The van der Waals surface area contributed by atoms with E-state index < -0.39 is 0 Å². The molecule has 0 bridgehead atoms. The zero-order valence-electron chi connectivity index (χ0n) is 33.3. The van der Waals surface area contributed by atoms with Crippen molar-refractivity contribution in [1.29, 1.82) is 0 Å². The summed E-state index contributed by atoms with van der Waals surface area (Å²) in [5.41, 5.74) is 17.9. The van der Waals surface area contributed by atoms with Gasteiger partial charge >= 0.3 is 0 Å². The Kier molecular flexibility index (Phi) is 10.2. The topological polar surface area (TPSA) is 6.48 Å². The number of benzene rings is 5. The van der Waals surface area contributed by atoms with E-state index in [2.05, 4.69) is 204 Å². The Bertz CT molecular complexity index is 1900. The lowest BCUT2D eigenvalue weighted by molar-refractivity contribution is 0.506. The van der Waals surface area contributed by atoms with Gasteiger partial charge < -0.3 is 9.80 Å². The molecule has 0 fully saturated rings. The van der Waals surface area contributed by atoms with Gasteiger partial charge in [-0.2, -0.15) is 0 Å². The van der Waals surface area contributed by atoms with E-state index in [1.165, 1.54) is 61.6 Å². The molecule has 0 aliphatic carbocycles. The number of hydrogen-bond donors (Lipinski definition) is 0. The van der Waals surface area contributed by atoms with Crippen molar-refractivity contribution < 1.29 is 0 Å². The Balaban J connectivity index is 1.68. The highest BCUT2D eigenvalue weighted by atomic mass is 15.2. The maximum absolute atomic E-state index is 2.45. The van der Waals surface area contributed by atoms with Crippen molar-refractivity contribution in [1.82, 2.24) is 0 Å². The van der Waals surface area contributed by atoms with Crippen LogP contribution in [0.1, 0.15) is 113 Å². The zero-order chi connectivity index (χ0) is 36.8. The summed E-state index contributed by atoms with van der Waals surface area (Å²) in [4.78, 5) is 4.88. The minimum atomic E-state index is 0.0781. The van der Waals surface area contributed by atoms with Crippen LogP contribution in [0.25, 0.3) is 0 Å². The summed E-state index contributed by atoms with van der Waals surface area (Å²) in [6.07, 6.45) is 1.10. The predicted molar refractivity (Wildman–Crippen MR) is 220 cm³/mol. The van der Waals surface area contributed by atoms with Gasteiger partial charge in [0, 0.05) is 22.7 Å². The maximum atomic E-state index is 2.45. The molecular formula is C48H60N2. The van der Waals surface area contributed by atoms with Crippen LogP contribution in [-0.2, 0) is 16.2 Å². The van der Waals surface area contributed by atoms with Gasteiger partial charge in [-0.3, -0.25) is 0 Å². The molecule has 0 heterocycles. The maximum Gasteiger partial charge on any atom is 0.0520 e. The van der Waals surface area contributed by atoms with E-state index in [-0.39, 0.29) is 16.2 Å². The van der Waals surface area contributed by atoms with Gasteiger partial charge in [0.1, 0.15) is 0 Å². The smallest absolute Gasteiger partial charge is 0.0520 e. The first-order valence-corrected chi connectivity index (χ1v) is 18.4. The molecule has 5 aromatic rings. The molecule has 0 aliphatic heterocycles. The van der Waals surface area contributed by atoms with Crippen LogP contribution < -0.4 is 9.80 Å². The van der Waals surface area contributed by atoms with Crippen molar-refractivity contribution in [2.45, 2.75) is 120 Å². The Morgan fingerprint density at radius 1 is 0.400 bits per heavy atom. The van der Waals surface area contributed by atoms with E-state index >= 15 is 0 Å². The van der Waals surface area contributed by atoms with Crippen molar-refractivity contribution >= 4 is 34.1 Å². The molecule has 0 spiro atoms. The van der Waals surface area contributed by atoms with E-state index in [0.717, 1.165) is 23.5 Å². The summed E-state index contributed by atoms with van der Waals surface area (Å²) < 4.78 is 0. The molecular weight excluding hydrogens is 605 g/mol. The Morgan fingerprint density at radius 2 is 0.680 bits per heavy atom. The third-order valence-corrected chi connectivity index (χ3v) is 10.6. The summed E-state index contributed by atoms with van der Waals surface area (Å²) >= 11 is 0. The fourth-order valence-corrected chi connectivity index (χ4v) is 7.01. The summed E-state index contributed by atoms with van der Waals surface area (Å²) in [5, 5.41) is 0. The van der Waals surface area contributed by atoms with Gasteiger partial charge in [-0.1, -0.05) is 116 Å². The fraction of sp³-hybridized carbons (Fsp3) is 0.375. The molecule has 0 amide bonds. The van der Waals surface area contributed by atoms with E-state index in [9.17, 15) is 0 Å². The summed E-state index contributed by atoms with van der Waals surface area (Å²) in [5.74, 6) is 0. The average Bonchev–Trinajstić information content (AvgIpc) is 3.04. The Hall–Kier alpha value is -4.30. The van der Waals surface area contributed by atoms with Gasteiger partial charge in [-0.15, -0.1) is 0 Å². The number of rotatable bonds is 8. The van der Waals surface area contributed by atoms with Gasteiger partial charge in [0.05, 0.1) is 11.4 Å². The van der Waals surface area contributed by atoms with Crippen LogP contribution in [0.4, 0.5) is 34.1 Å². The number of anilines is 6.